The van der Waals surface area contributed by atoms with Crippen LogP contribution in [0.5, 0.6) is 0 Å². The highest BCUT2D eigenvalue weighted by Crippen LogP contribution is 2.19. The molecule has 86 valence electrons. The number of nitrogens with zero attached hydrogens (tertiary/aromatic N) is 3. The minimum Gasteiger partial charge on any atom is -0.478 e. The molecule has 0 radical (unpaired) electrons. The zero-order chi connectivity index (χ0) is 12.3. The molecule has 0 saturated carbocycles. The van der Waals surface area contributed by atoms with E-state index in [0.29, 0.717) is 5.82 Å². The van der Waals surface area contributed by atoms with Gasteiger partial charge in [-0.05, 0) is 24.3 Å². The van der Waals surface area contributed by atoms with E-state index >= 15 is 0 Å². The van der Waals surface area contributed by atoms with E-state index in [1.807, 2.05) is 24.1 Å². The summed E-state index contributed by atoms with van der Waals surface area (Å²) in [5.74, 6) is -0.309. The van der Waals surface area contributed by atoms with Gasteiger partial charge in [0.1, 0.15) is 5.82 Å². The molecular formula is C12H11N3O2. The first-order chi connectivity index (χ1) is 8.18. The summed E-state index contributed by atoms with van der Waals surface area (Å²) in [6.45, 7) is 0. The normalized spacial score (nSPS) is 9.94. The lowest BCUT2D eigenvalue weighted by Gasteiger charge is -2.17. The monoisotopic (exact) mass is 229 g/mol. The fourth-order valence-corrected chi connectivity index (χ4v) is 1.40. The summed E-state index contributed by atoms with van der Waals surface area (Å²) in [4.78, 5) is 20.6. The molecule has 0 bridgehead atoms. The Morgan fingerprint density at radius 1 is 1.29 bits per heavy atom. The summed E-state index contributed by atoms with van der Waals surface area (Å²) in [5.41, 5.74) is 1.07. The standard InChI is InChI=1S/C12H11N3O2/c1-15(10-3-2-6-13-8-10)11-5-4-9(7-14-11)12(16)17/h2-8H,1H3,(H,16,17). The van der Waals surface area contributed by atoms with Gasteiger partial charge in [0.2, 0.25) is 0 Å². The second-order valence-corrected chi connectivity index (χ2v) is 3.48. The molecule has 0 aliphatic rings. The third-order valence-corrected chi connectivity index (χ3v) is 2.37. The Morgan fingerprint density at radius 2 is 2.12 bits per heavy atom. The maximum Gasteiger partial charge on any atom is 0.337 e. The Kier molecular flexibility index (Phi) is 3.00. The average molecular weight is 229 g/mol. The predicted octanol–water partition coefficient (Wildman–Crippen LogP) is 1.94. The van der Waals surface area contributed by atoms with Gasteiger partial charge >= 0.3 is 5.97 Å². The zero-order valence-electron chi connectivity index (χ0n) is 9.24. The molecule has 5 heteroatoms. The number of hydrogen-bond acceptors (Lipinski definition) is 4. The number of carboxylic acid groups (broad SMARTS) is 1. The first-order valence-corrected chi connectivity index (χ1v) is 5.01. The summed E-state index contributed by atoms with van der Waals surface area (Å²) < 4.78 is 0. The summed E-state index contributed by atoms with van der Waals surface area (Å²) >= 11 is 0. The fraction of sp³-hybridized carbons (Fsp3) is 0.0833. The SMILES string of the molecule is CN(c1cccnc1)c1ccc(C(=O)O)cn1. The van der Waals surface area contributed by atoms with Gasteiger partial charge in [-0.15, -0.1) is 0 Å². The first-order valence-electron chi connectivity index (χ1n) is 5.01. The van der Waals surface area contributed by atoms with Crippen LogP contribution in [0.4, 0.5) is 11.5 Å². The highest BCUT2D eigenvalue weighted by molar-refractivity contribution is 5.87. The number of carbonyl (C=O) groups is 1. The highest BCUT2D eigenvalue weighted by Gasteiger charge is 2.07. The largest absolute Gasteiger partial charge is 0.478 e. The molecule has 5 nitrogen and oxygen atoms in total. The predicted molar refractivity (Wildman–Crippen MR) is 63.5 cm³/mol. The molecule has 2 heterocycles. The Bertz CT molecular complexity index is 511. The summed E-state index contributed by atoms with van der Waals surface area (Å²) in [7, 11) is 1.85. The second kappa shape index (κ2) is 4.61. The van der Waals surface area contributed by atoms with Crippen molar-refractivity contribution in [2.24, 2.45) is 0 Å². The van der Waals surface area contributed by atoms with Crippen LogP contribution in [-0.4, -0.2) is 28.1 Å². The molecule has 0 aliphatic carbocycles. The van der Waals surface area contributed by atoms with Gasteiger partial charge in [-0.2, -0.15) is 0 Å². The molecule has 0 atom stereocenters. The lowest BCUT2D eigenvalue weighted by molar-refractivity contribution is 0.0696. The molecule has 0 spiro atoms. The molecule has 1 N–H and O–H groups in total. The average Bonchev–Trinajstić information content (AvgIpc) is 2.39. The van der Waals surface area contributed by atoms with E-state index in [2.05, 4.69) is 9.97 Å². The maximum atomic E-state index is 10.7. The lowest BCUT2D eigenvalue weighted by Crippen LogP contribution is -2.11. The van der Waals surface area contributed by atoms with Gasteiger partial charge in [0.15, 0.2) is 0 Å². The summed E-state index contributed by atoms with van der Waals surface area (Å²) in [5, 5.41) is 8.77. The number of pyridine rings is 2. The van der Waals surface area contributed by atoms with Crippen molar-refractivity contribution in [1.82, 2.24) is 9.97 Å². The molecule has 17 heavy (non-hydrogen) atoms. The smallest absolute Gasteiger partial charge is 0.337 e. The van der Waals surface area contributed by atoms with Crippen molar-refractivity contribution in [2.75, 3.05) is 11.9 Å². The van der Waals surface area contributed by atoms with E-state index in [4.69, 9.17) is 5.11 Å². The fourth-order valence-electron chi connectivity index (χ4n) is 1.40. The Balaban J connectivity index is 2.26. The molecule has 2 aromatic heterocycles. The van der Waals surface area contributed by atoms with Gasteiger partial charge in [-0.25, -0.2) is 9.78 Å². The third kappa shape index (κ3) is 2.39. The van der Waals surface area contributed by atoms with Crippen molar-refractivity contribution >= 4 is 17.5 Å². The lowest BCUT2D eigenvalue weighted by atomic mass is 10.3. The van der Waals surface area contributed by atoms with Gasteiger partial charge in [-0.1, -0.05) is 0 Å². The van der Waals surface area contributed by atoms with E-state index in [9.17, 15) is 4.79 Å². The van der Waals surface area contributed by atoms with Gasteiger partial charge in [0.25, 0.3) is 0 Å². The Labute approximate surface area is 98.4 Å². The first kappa shape index (κ1) is 11.1. The molecule has 2 aromatic rings. The van der Waals surface area contributed by atoms with Crippen molar-refractivity contribution in [1.29, 1.82) is 0 Å². The number of hydrogen-bond donors (Lipinski definition) is 1. The molecule has 2 rings (SSSR count). The quantitative estimate of drug-likeness (QED) is 0.871. The summed E-state index contributed by atoms with van der Waals surface area (Å²) in [6, 6.07) is 6.92. The van der Waals surface area contributed by atoms with Crippen molar-refractivity contribution in [3.8, 4) is 0 Å². The number of aromatic nitrogens is 2. The minimum absolute atomic E-state index is 0.174. The van der Waals surface area contributed by atoms with Crippen molar-refractivity contribution in [3.63, 3.8) is 0 Å². The van der Waals surface area contributed by atoms with Gasteiger partial charge in [0, 0.05) is 19.4 Å². The topological polar surface area (TPSA) is 66.3 Å². The molecule has 0 saturated heterocycles. The molecule has 0 amide bonds. The maximum absolute atomic E-state index is 10.7. The summed E-state index contributed by atoms with van der Waals surface area (Å²) in [6.07, 6.45) is 4.75. The van der Waals surface area contributed by atoms with Crippen molar-refractivity contribution in [2.45, 2.75) is 0 Å². The van der Waals surface area contributed by atoms with Crippen molar-refractivity contribution in [3.05, 3.63) is 48.4 Å². The Morgan fingerprint density at radius 3 is 2.65 bits per heavy atom. The van der Waals surface area contributed by atoms with Crippen LogP contribution in [0.3, 0.4) is 0 Å². The van der Waals surface area contributed by atoms with Crippen LogP contribution in [0.1, 0.15) is 10.4 Å². The number of carboxylic acids is 1. The number of aromatic carboxylic acids is 1. The van der Waals surface area contributed by atoms with Crippen LogP contribution in [0.15, 0.2) is 42.9 Å². The van der Waals surface area contributed by atoms with E-state index in [-0.39, 0.29) is 5.56 Å². The second-order valence-electron chi connectivity index (χ2n) is 3.48. The van der Waals surface area contributed by atoms with Crippen LogP contribution >= 0.6 is 0 Å². The minimum atomic E-state index is -0.979. The van der Waals surface area contributed by atoms with Crippen LogP contribution in [0.2, 0.25) is 0 Å². The molecule has 0 aromatic carbocycles. The van der Waals surface area contributed by atoms with E-state index in [0.717, 1.165) is 5.69 Å². The van der Waals surface area contributed by atoms with Gasteiger partial charge in [-0.3, -0.25) is 4.98 Å². The molecule has 0 unspecified atom stereocenters. The van der Waals surface area contributed by atoms with Crippen LogP contribution in [0, 0.1) is 0 Å². The van der Waals surface area contributed by atoms with Crippen LogP contribution in [0.25, 0.3) is 0 Å². The number of anilines is 2. The van der Waals surface area contributed by atoms with E-state index in [1.54, 1.807) is 18.5 Å². The molecular weight excluding hydrogens is 218 g/mol. The molecule has 0 fully saturated rings. The zero-order valence-corrected chi connectivity index (χ0v) is 9.24. The van der Waals surface area contributed by atoms with Crippen molar-refractivity contribution < 1.29 is 9.90 Å². The van der Waals surface area contributed by atoms with E-state index < -0.39 is 5.97 Å². The van der Waals surface area contributed by atoms with E-state index in [1.165, 1.54) is 12.3 Å². The number of rotatable bonds is 3. The van der Waals surface area contributed by atoms with Crippen LogP contribution < -0.4 is 4.90 Å². The van der Waals surface area contributed by atoms with Crippen LogP contribution in [-0.2, 0) is 0 Å². The molecule has 0 aliphatic heterocycles. The third-order valence-electron chi connectivity index (χ3n) is 2.37. The van der Waals surface area contributed by atoms with Gasteiger partial charge < -0.3 is 10.0 Å². The van der Waals surface area contributed by atoms with Gasteiger partial charge in [0.05, 0.1) is 17.4 Å². The Hall–Kier alpha value is -2.43. The highest BCUT2D eigenvalue weighted by atomic mass is 16.4.